The number of ether oxygens (including phenoxy) is 1. The van der Waals surface area contributed by atoms with Gasteiger partial charge in [-0.3, -0.25) is 9.59 Å². The minimum Gasteiger partial charge on any atom is -0.465 e. The van der Waals surface area contributed by atoms with Gasteiger partial charge in [0.1, 0.15) is 0 Å². The fourth-order valence-corrected chi connectivity index (χ4v) is 4.79. The smallest absolute Gasteiger partial charge is 0.313 e. The molecule has 1 unspecified atom stereocenters. The Morgan fingerprint density at radius 1 is 1.27 bits per heavy atom. The molecule has 1 aromatic heterocycles. The number of benzene rings is 1. The summed E-state index contributed by atoms with van der Waals surface area (Å²) in [5, 5.41) is 6.87. The number of rotatable bonds is 5. The summed E-state index contributed by atoms with van der Waals surface area (Å²) in [6.45, 7) is 4.59. The van der Waals surface area contributed by atoms with Gasteiger partial charge >= 0.3 is 5.97 Å². The van der Waals surface area contributed by atoms with E-state index in [4.69, 9.17) is 4.74 Å². The molecule has 5 heteroatoms. The third kappa shape index (κ3) is 3.19. The van der Waals surface area contributed by atoms with Crippen LogP contribution in [0.2, 0.25) is 0 Å². The van der Waals surface area contributed by atoms with Crippen molar-refractivity contribution in [3.8, 4) is 0 Å². The van der Waals surface area contributed by atoms with Crippen molar-refractivity contribution in [3.05, 3.63) is 64.4 Å². The number of nitrogens with one attached hydrogen (secondary N) is 1. The zero-order valence-electron chi connectivity index (χ0n) is 14.5. The van der Waals surface area contributed by atoms with E-state index in [1.807, 2.05) is 41.1 Å². The molecular formula is C21H21NO3S. The maximum atomic E-state index is 12.4. The van der Waals surface area contributed by atoms with Crippen LogP contribution in [0.4, 0.5) is 5.69 Å². The van der Waals surface area contributed by atoms with Gasteiger partial charge in [0.25, 0.3) is 0 Å². The minimum absolute atomic E-state index is 0.0266. The van der Waals surface area contributed by atoms with Crippen molar-refractivity contribution in [1.82, 2.24) is 0 Å². The van der Waals surface area contributed by atoms with Gasteiger partial charge < -0.3 is 10.1 Å². The van der Waals surface area contributed by atoms with Crippen LogP contribution in [0.3, 0.4) is 0 Å². The van der Waals surface area contributed by atoms with Crippen molar-refractivity contribution < 1.29 is 14.3 Å². The zero-order chi connectivity index (χ0) is 18.1. The van der Waals surface area contributed by atoms with Gasteiger partial charge in [-0.15, -0.1) is 0 Å². The van der Waals surface area contributed by atoms with Crippen LogP contribution in [-0.2, 0) is 27.2 Å². The van der Waals surface area contributed by atoms with Crippen LogP contribution in [0.25, 0.3) is 0 Å². The van der Waals surface area contributed by atoms with Gasteiger partial charge in [0, 0.05) is 11.6 Å². The first-order valence-corrected chi connectivity index (χ1v) is 9.73. The van der Waals surface area contributed by atoms with Gasteiger partial charge in [-0.05, 0) is 59.3 Å². The first kappa shape index (κ1) is 17.0. The SMILES string of the molecule is C=C1CC2COC(=O)[C@]2(Cc2ccc(NC(=O)Cc3ccsc3)cc2)C1. The third-order valence-electron chi connectivity index (χ3n) is 5.41. The largest absolute Gasteiger partial charge is 0.465 e. The molecule has 0 radical (unpaired) electrons. The molecule has 4 nitrogen and oxygen atoms in total. The van der Waals surface area contributed by atoms with Gasteiger partial charge in [0.2, 0.25) is 5.91 Å². The van der Waals surface area contributed by atoms with E-state index in [1.165, 1.54) is 0 Å². The summed E-state index contributed by atoms with van der Waals surface area (Å²) in [4.78, 5) is 24.5. The summed E-state index contributed by atoms with van der Waals surface area (Å²) in [7, 11) is 0. The van der Waals surface area contributed by atoms with Crippen LogP contribution in [0.1, 0.15) is 24.0 Å². The van der Waals surface area contributed by atoms with Crippen LogP contribution >= 0.6 is 11.3 Å². The van der Waals surface area contributed by atoms with Gasteiger partial charge in [0.15, 0.2) is 0 Å². The summed E-state index contributed by atoms with van der Waals surface area (Å²) >= 11 is 1.59. The Morgan fingerprint density at radius 3 is 2.81 bits per heavy atom. The molecule has 1 N–H and O–H groups in total. The molecule has 1 aromatic carbocycles. The topological polar surface area (TPSA) is 55.4 Å². The van der Waals surface area contributed by atoms with Gasteiger partial charge in [-0.1, -0.05) is 24.3 Å². The number of thiophene rings is 1. The number of carbonyl (C=O) groups is 2. The first-order valence-electron chi connectivity index (χ1n) is 8.79. The van der Waals surface area contributed by atoms with E-state index >= 15 is 0 Å². The lowest BCUT2D eigenvalue weighted by Gasteiger charge is -2.24. The highest BCUT2D eigenvalue weighted by Crippen LogP contribution is 2.52. The third-order valence-corrected chi connectivity index (χ3v) is 6.14. The lowest BCUT2D eigenvalue weighted by atomic mass is 9.75. The Morgan fingerprint density at radius 2 is 2.08 bits per heavy atom. The highest BCUT2D eigenvalue weighted by Gasteiger charge is 2.55. The van der Waals surface area contributed by atoms with E-state index in [-0.39, 0.29) is 17.8 Å². The maximum Gasteiger partial charge on any atom is 0.313 e. The standard InChI is InChI=1S/C21H21NO3S/c1-14-8-17-12-25-20(24)21(17,10-14)11-15-2-4-18(5-3-15)22-19(23)9-16-6-7-26-13-16/h2-7,13,17H,1,8-12H2,(H,22,23)/t17?,21-/m0/s1. The number of esters is 1. The average Bonchev–Trinajstić information content (AvgIpc) is 3.28. The normalized spacial score (nSPS) is 24.4. The molecule has 2 heterocycles. The number of amides is 1. The zero-order valence-corrected chi connectivity index (χ0v) is 15.3. The number of carbonyl (C=O) groups excluding carboxylic acids is 2. The summed E-state index contributed by atoms with van der Waals surface area (Å²) in [5.41, 5.74) is 3.58. The van der Waals surface area contributed by atoms with E-state index < -0.39 is 5.41 Å². The van der Waals surface area contributed by atoms with Crippen molar-refractivity contribution in [3.63, 3.8) is 0 Å². The fourth-order valence-electron chi connectivity index (χ4n) is 4.12. The molecule has 1 amide bonds. The summed E-state index contributed by atoms with van der Waals surface area (Å²) in [5.74, 6) is 0.128. The van der Waals surface area contributed by atoms with E-state index in [0.29, 0.717) is 19.4 Å². The van der Waals surface area contributed by atoms with E-state index in [9.17, 15) is 9.59 Å². The molecule has 2 aromatic rings. The van der Waals surface area contributed by atoms with Crippen LogP contribution in [-0.4, -0.2) is 18.5 Å². The Balaban J connectivity index is 1.42. The molecule has 1 aliphatic carbocycles. The number of allylic oxidation sites excluding steroid dienone is 1. The Hall–Kier alpha value is -2.40. The number of anilines is 1. The molecule has 2 atom stereocenters. The van der Waals surface area contributed by atoms with Crippen molar-refractivity contribution in [1.29, 1.82) is 0 Å². The van der Waals surface area contributed by atoms with Crippen molar-refractivity contribution in [2.45, 2.75) is 25.7 Å². The van der Waals surface area contributed by atoms with E-state index in [0.717, 1.165) is 35.2 Å². The summed E-state index contributed by atoms with van der Waals surface area (Å²) in [6.07, 6.45) is 2.64. The average molecular weight is 367 g/mol. The second-order valence-electron chi connectivity index (χ2n) is 7.31. The molecule has 2 aliphatic rings. The predicted octanol–water partition coefficient (Wildman–Crippen LogP) is 3.98. The number of fused-ring (bicyclic) bond motifs is 1. The molecule has 2 fully saturated rings. The highest BCUT2D eigenvalue weighted by molar-refractivity contribution is 7.08. The molecule has 1 saturated carbocycles. The fraction of sp³-hybridized carbons (Fsp3) is 0.333. The van der Waals surface area contributed by atoms with Crippen molar-refractivity contribution >= 4 is 28.9 Å². The summed E-state index contributed by atoms with van der Waals surface area (Å²) < 4.78 is 5.33. The highest BCUT2D eigenvalue weighted by atomic mass is 32.1. The van der Waals surface area contributed by atoms with E-state index in [2.05, 4.69) is 11.9 Å². The second-order valence-corrected chi connectivity index (χ2v) is 8.09. The molecule has 26 heavy (non-hydrogen) atoms. The number of hydrogen-bond donors (Lipinski definition) is 1. The Bertz CT molecular complexity index is 841. The molecule has 1 aliphatic heterocycles. The molecule has 134 valence electrons. The molecule has 0 bridgehead atoms. The predicted molar refractivity (Wildman–Crippen MR) is 102 cm³/mol. The number of hydrogen-bond acceptors (Lipinski definition) is 4. The van der Waals surface area contributed by atoms with Crippen LogP contribution in [0.15, 0.2) is 53.2 Å². The lowest BCUT2D eigenvalue weighted by Crippen LogP contribution is -2.31. The van der Waals surface area contributed by atoms with Crippen LogP contribution in [0.5, 0.6) is 0 Å². The van der Waals surface area contributed by atoms with Crippen molar-refractivity contribution in [2.24, 2.45) is 11.3 Å². The monoisotopic (exact) mass is 367 g/mol. The number of cyclic esters (lactones) is 1. The second kappa shape index (κ2) is 6.72. The van der Waals surface area contributed by atoms with Crippen molar-refractivity contribution in [2.75, 3.05) is 11.9 Å². The summed E-state index contributed by atoms with van der Waals surface area (Å²) in [6, 6.07) is 9.73. The first-order chi connectivity index (χ1) is 12.5. The van der Waals surface area contributed by atoms with Crippen LogP contribution < -0.4 is 5.32 Å². The van der Waals surface area contributed by atoms with Gasteiger partial charge in [0.05, 0.1) is 18.4 Å². The maximum absolute atomic E-state index is 12.4. The molecular weight excluding hydrogens is 346 g/mol. The van der Waals surface area contributed by atoms with Crippen LogP contribution in [0, 0.1) is 11.3 Å². The van der Waals surface area contributed by atoms with Gasteiger partial charge in [-0.2, -0.15) is 11.3 Å². The Kier molecular flexibility index (Phi) is 4.41. The lowest BCUT2D eigenvalue weighted by molar-refractivity contribution is -0.146. The Labute approximate surface area is 156 Å². The molecule has 4 rings (SSSR count). The molecule has 1 saturated heterocycles. The van der Waals surface area contributed by atoms with Gasteiger partial charge in [-0.25, -0.2) is 0 Å². The quantitative estimate of drug-likeness (QED) is 0.642. The van der Waals surface area contributed by atoms with E-state index in [1.54, 1.807) is 11.3 Å². The minimum atomic E-state index is -0.444. The molecule has 0 spiro atoms.